The van der Waals surface area contributed by atoms with Crippen molar-refractivity contribution in [1.82, 2.24) is 29.7 Å². The number of aliphatic hydroxyl groups is 1. The number of amides is 1. The molecule has 1 atom stereocenters. The average Bonchev–Trinajstić information content (AvgIpc) is 3.19. The third-order valence-electron chi connectivity index (χ3n) is 6.38. The van der Waals surface area contributed by atoms with Gasteiger partial charge in [-0.15, -0.1) is 11.3 Å². The van der Waals surface area contributed by atoms with E-state index in [4.69, 9.17) is 14.7 Å². The molecule has 5 rings (SSSR count). The number of aromatic nitrogens is 4. The number of thiophene rings is 1. The summed E-state index contributed by atoms with van der Waals surface area (Å²) in [5.74, 6) is 1.38. The zero-order valence-electron chi connectivity index (χ0n) is 19.5. The summed E-state index contributed by atoms with van der Waals surface area (Å²) in [6.07, 6.45) is 4.05. The number of fused-ring (bicyclic) bond motifs is 1. The number of hydrogen-bond acceptors (Lipinski definition) is 10. The van der Waals surface area contributed by atoms with Crippen molar-refractivity contribution in [2.75, 3.05) is 57.4 Å². The van der Waals surface area contributed by atoms with Crippen LogP contribution in [0.25, 0.3) is 21.6 Å². The number of anilines is 1. The van der Waals surface area contributed by atoms with Gasteiger partial charge in [-0.25, -0.2) is 19.9 Å². The third-order valence-corrected chi connectivity index (χ3v) is 7.65. The molecule has 1 N–H and O–H groups in total. The van der Waals surface area contributed by atoms with Crippen LogP contribution in [-0.4, -0.2) is 99.3 Å². The number of carbonyl (C=O) groups excluding carboxylic acids is 1. The zero-order chi connectivity index (χ0) is 23.7. The smallest absolute Gasteiger partial charge is 0.251 e. The minimum absolute atomic E-state index is 0.194. The van der Waals surface area contributed by atoms with Gasteiger partial charge >= 0.3 is 0 Å². The van der Waals surface area contributed by atoms with Gasteiger partial charge in [0.05, 0.1) is 29.0 Å². The van der Waals surface area contributed by atoms with Crippen LogP contribution in [0.1, 0.15) is 17.4 Å². The summed E-state index contributed by atoms with van der Waals surface area (Å²) in [5, 5.41) is 9.59. The lowest BCUT2D eigenvalue weighted by atomic mass is 10.2. The van der Waals surface area contributed by atoms with Crippen molar-refractivity contribution < 1.29 is 14.6 Å². The summed E-state index contributed by atoms with van der Waals surface area (Å²) >= 11 is 1.75. The molecule has 0 spiro atoms. The number of piperazine rings is 1. The summed E-state index contributed by atoms with van der Waals surface area (Å²) in [5.41, 5.74) is 2.93. The maximum Gasteiger partial charge on any atom is 0.251 e. The number of aryl methyl sites for hydroxylation is 1. The molecule has 180 valence electrons. The van der Waals surface area contributed by atoms with Gasteiger partial charge < -0.3 is 19.6 Å². The van der Waals surface area contributed by atoms with Gasteiger partial charge in [-0.05, 0) is 19.4 Å². The molecular formula is C23H29N7O3S. The Balaban J connectivity index is 1.45. The first-order valence-corrected chi connectivity index (χ1v) is 12.4. The van der Waals surface area contributed by atoms with E-state index in [1.807, 2.05) is 0 Å². The Morgan fingerprint density at radius 2 is 1.82 bits per heavy atom. The van der Waals surface area contributed by atoms with E-state index in [-0.39, 0.29) is 5.91 Å². The van der Waals surface area contributed by atoms with Crippen molar-refractivity contribution in [3.63, 3.8) is 0 Å². The first kappa shape index (κ1) is 23.0. The molecule has 0 aromatic carbocycles. The van der Waals surface area contributed by atoms with Crippen LogP contribution < -0.4 is 4.90 Å². The number of carbonyl (C=O) groups is 1. The molecule has 0 bridgehead atoms. The van der Waals surface area contributed by atoms with Gasteiger partial charge in [0.15, 0.2) is 11.6 Å². The number of nitrogens with zero attached hydrogens (tertiary/aromatic N) is 7. The van der Waals surface area contributed by atoms with E-state index in [2.05, 4.69) is 26.7 Å². The van der Waals surface area contributed by atoms with Crippen LogP contribution in [0.3, 0.4) is 0 Å². The predicted molar refractivity (Wildman–Crippen MR) is 130 cm³/mol. The monoisotopic (exact) mass is 483 g/mol. The van der Waals surface area contributed by atoms with Crippen molar-refractivity contribution in [3.8, 4) is 11.4 Å². The van der Waals surface area contributed by atoms with E-state index in [0.717, 1.165) is 59.9 Å². The maximum absolute atomic E-state index is 12.1. The Labute approximate surface area is 202 Å². The Hall–Kier alpha value is -2.73. The number of ether oxygens (including phenoxy) is 1. The first-order chi connectivity index (χ1) is 16.5. The van der Waals surface area contributed by atoms with E-state index in [1.54, 1.807) is 28.6 Å². The Morgan fingerprint density at radius 1 is 1.12 bits per heavy atom. The SMILES string of the molecule is Cc1c(CN2CCN(C(=O)C(C)O)CC2)sc2c(N3CCOCC3)nc(-c3cncnc3)nc12. The number of morpholine rings is 1. The third kappa shape index (κ3) is 4.61. The molecular weight excluding hydrogens is 454 g/mol. The van der Waals surface area contributed by atoms with Gasteiger partial charge in [-0.1, -0.05) is 0 Å². The highest BCUT2D eigenvalue weighted by atomic mass is 32.1. The molecule has 2 saturated heterocycles. The largest absolute Gasteiger partial charge is 0.384 e. The van der Waals surface area contributed by atoms with E-state index >= 15 is 0 Å². The highest BCUT2D eigenvalue weighted by Crippen LogP contribution is 2.38. The first-order valence-electron chi connectivity index (χ1n) is 11.6. The molecule has 0 aliphatic carbocycles. The zero-order valence-corrected chi connectivity index (χ0v) is 20.3. The second kappa shape index (κ2) is 9.87. The van der Waals surface area contributed by atoms with Gasteiger partial charge in [0.2, 0.25) is 0 Å². The summed E-state index contributed by atoms with van der Waals surface area (Å²) in [7, 11) is 0. The molecule has 11 heteroatoms. The molecule has 5 heterocycles. The van der Waals surface area contributed by atoms with E-state index < -0.39 is 6.10 Å². The molecule has 2 aliphatic rings. The van der Waals surface area contributed by atoms with Gasteiger partial charge in [0.25, 0.3) is 5.91 Å². The van der Waals surface area contributed by atoms with Crippen LogP contribution in [0.15, 0.2) is 18.7 Å². The normalized spacial score (nSPS) is 18.4. The van der Waals surface area contributed by atoms with Crippen LogP contribution >= 0.6 is 11.3 Å². The second-order valence-corrected chi connectivity index (χ2v) is 9.81. The predicted octanol–water partition coefficient (Wildman–Crippen LogP) is 1.32. The van der Waals surface area contributed by atoms with Gasteiger partial charge in [-0.3, -0.25) is 9.69 Å². The van der Waals surface area contributed by atoms with E-state index in [1.165, 1.54) is 18.1 Å². The Morgan fingerprint density at radius 3 is 2.50 bits per heavy atom. The summed E-state index contributed by atoms with van der Waals surface area (Å²) in [6, 6.07) is 0. The molecule has 0 radical (unpaired) electrons. The quantitative estimate of drug-likeness (QED) is 0.575. The van der Waals surface area contributed by atoms with Crippen LogP contribution in [0.2, 0.25) is 0 Å². The number of rotatable bonds is 5. The lowest BCUT2D eigenvalue weighted by molar-refractivity contribution is -0.141. The molecule has 3 aromatic rings. The van der Waals surface area contributed by atoms with E-state index in [9.17, 15) is 9.90 Å². The van der Waals surface area contributed by atoms with Crippen molar-refractivity contribution in [2.24, 2.45) is 0 Å². The highest BCUT2D eigenvalue weighted by Gasteiger charge is 2.26. The number of aliphatic hydroxyl groups excluding tert-OH is 1. The van der Waals surface area contributed by atoms with Crippen molar-refractivity contribution >= 4 is 33.3 Å². The van der Waals surface area contributed by atoms with Crippen LogP contribution in [0.5, 0.6) is 0 Å². The topological polar surface area (TPSA) is 108 Å². The molecule has 2 aliphatic heterocycles. The van der Waals surface area contributed by atoms with Crippen molar-refractivity contribution in [2.45, 2.75) is 26.5 Å². The summed E-state index contributed by atoms with van der Waals surface area (Å²) < 4.78 is 6.66. The summed E-state index contributed by atoms with van der Waals surface area (Å²) in [4.78, 5) is 37.9. The Kier molecular flexibility index (Phi) is 6.68. The van der Waals surface area contributed by atoms with Crippen molar-refractivity contribution in [1.29, 1.82) is 0 Å². The second-order valence-electron chi connectivity index (χ2n) is 8.70. The minimum Gasteiger partial charge on any atom is -0.384 e. The lowest BCUT2D eigenvalue weighted by Crippen LogP contribution is -2.50. The molecule has 34 heavy (non-hydrogen) atoms. The highest BCUT2D eigenvalue weighted by molar-refractivity contribution is 7.19. The fourth-order valence-electron chi connectivity index (χ4n) is 4.40. The lowest BCUT2D eigenvalue weighted by Gasteiger charge is -2.35. The molecule has 3 aromatic heterocycles. The molecule has 2 fully saturated rings. The number of hydrogen-bond donors (Lipinski definition) is 1. The Bertz CT molecular complexity index is 1160. The molecule has 0 saturated carbocycles. The van der Waals surface area contributed by atoms with Gasteiger partial charge in [-0.2, -0.15) is 0 Å². The van der Waals surface area contributed by atoms with Crippen LogP contribution in [0, 0.1) is 6.92 Å². The molecule has 1 amide bonds. The summed E-state index contributed by atoms with van der Waals surface area (Å²) in [6.45, 7) is 10.2. The van der Waals surface area contributed by atoms with Gasteiger partial charge in [0, 0.05) is 63.1 Å². The fraction of sp³-hybridized carbons (Fsp3) is 0.522. The van der Waals surface area contributed by atoms with Gasteiger partial charge in [0.1, 0.15) is 12.4 Å². The molecule has 10 nitrogen and oxygen atoms in total. The standard InChI is InChI=1S/C23H29N7O3S/c1-15-18(13-28-3-5-30(6-4-28)23(32)16(2)31)34-20-19(15)26-21(17-11-24-14-25-12-17)27-22(20)29-7-9-33-10-8-29/h11-12,14,16,31H,3-10,13H2,1-2H3. The maximum atomic E-state index is 12.1. The molecule has 1 unspecified atom stereocenters. The van der Waals surface area contributed by atoms with Crippen LogP contribution in [0.4, 0.5) is 5.82 Å². The van der Waals surface area contributed by atoms with Crippen molar-refractivity contribution in [3.05, 3.63) is 29.2 Å². The minimum atomic E-state index is -0.946. The fourth-order valence-corrected chi connectivity index (χ4v) is 5.70. The average molecular weight is 484 g/mol. The van der Waals surface area contributed by atoms with Crippen LogP contribution in [-0.2, 0) is 16.1 Å². The van der Waals surface area contributed by atoms with E-state index in [0.29, 0.717) is 32.1 Å².